The van der Waals surface area contributed by atoms with Gasteiger partial charge in [0.1, 0.15) is 11.3 Å². The highest BCUT2D eigenvalue weighted by Gasteiger charge is 2.41. The van der Waals surface area contributed by atoms with Crippen LogP contribution in [-0.4, -0.2) is 23.2 Å². The van der Waals surface area contributed by atoms with E-state index in [1.165, 1.54) is 12.3 Å². The van der Waals surface area contributed by atoms with Gasteiger partial charge in [0.15, 0.2) is 5.82 Å². The molecule has 19 heavy (non-hydrogen) atoms. The summed E-state index contributed by atoms with van der Waals surface area (Å²) in [5.74, 6) is -1.29. The van der Waals surface area contributed by atoms with Crippen molar-refractivity contribution in [2.45, 2.75) is 12.8 Å². The second-order valence-corrected chi connectivity index (χ2v) is 5.15. The number of aliphatic hydroxyl groups excluding tert-OH is 1. The summed E-state index contributed by atoms with van der Waals surface area (Å²) in [4.78, 5) is 3.93. The van der Waals surface area contributed by atoms with Crippen molar-refractivity contribution in [3.63, 3.8) is 0 Å². The van der Waals surface area contributed by atoms with Crippen LogP contribution in [0.25, 0.3) is 10.9 Å². The molecule has 2 aromatic rings. The minimum absolute atomic E-state index is 0.0680. The van der Waals surface area contributed by atoms with Crippen LogP contribution in [0.5, 0.6) is 0 Å². The number of aromatic nitrogens is 1. The molecule has 3 rings (SSSR count). The molecule has 2 N–H and O–H groups in total. The van der Waals surface area contributed by atoms with Crippen LogP contribution >= 0.6 is 0 Å². The molecule has 5 heteroatoms. The molecule has 1 saturated carbocycles. The first kappa shape index (κ1) is 12.3. The Hall–Kier alpha value is -1.75. The number of aliphatic hydroxyl groups is 1. The topological polar surface area (TPSA) is 45.1 Å². The van der Waals surface area contributed by atoms with Gasteiger partial charge in [0.05, 0.1) is 6.61 Å². The third-order valence-corrected chi connectivity index (χ3v) is 3.71. The average Bonchev–Trinajstić information content (AvgIpc) is 3.17. The molecule has 0 amide bonds. The lowest BCUT2D eigenvalue weighted by Gasteiger charge is -2.15. The van der Waals surface area contributed by atoms with E-state index in [4.69, 9.17) is 0 Å². The van der Waals surface area contributed by atoms with Crippen LogP contribution < -0.4 is 5.32 Å². The summed E-state index contributed by atoms with van der Waals surface area (Å²) in [6.07, 6.45) is 3.44. The van der Waals surface area contributed by atoms with Gasteiger partial charge in [-0.3, -0.25) is 4.98 Å². The Balaban J connectivity index is 1.95. The van der Waals surface area contributed by atoms with Crippen LogP contribution in [0.1, 0.15) is 12.8 Å². The Morgan fingerprint density at radius 3 is 2.79 bits per heavy atom. The monoisotopic (exact) mass is 264 g/mol. The van der Waals surface area contributed by atoms with E-state index in [-0.39, 0.29) is 17.5 Å². The predicted octanol–water partition coefficient (Wildman–Crippen LogP) is 2.70. The fourth-order valence-electron chi connectivity index (χ4n) is 2.18. The largest absolute Gasteiger partial charge is 0.396 e. The van der Waals surface area contributed by atoms with Crippen molar-refractivity contribution in [1.82, 2.24) is 4.98 Å². The van der Waals surface area contributed by atoms with Gasteiger partial charge < -0.3 is 10.4 Å². The highest BCUT2D eigenvalue weighted by Crippen LogP contribution is 2.45. The molecule has 0 saturated heterocycles. The fraction of sp³-hybridized carbons (Fsp3) is 0.357. The van der Waals surface area contributed by atoms with Crippen LogP contribution in [0.15, 0.2) is 24.4 Å². The van der Waals surface area contributed by atoms with Gasteiger partial charge in [0.25, 0.3) is 0 Å². The van der Waals surface area contributed by atoms with Crippen molar-refractivity contribution in [3.8, 4) is 0 Å². The van der Waals surface area contributed by atoms with E-state index in [1.54, 1.807) is 6.07 Å². The summed E-state index contributed by atoms with van der Waals surface area (Å²) < 4.78 is 26.9. The lowest BCUT2D eigenvalue weighted by Crippen LogP contribution is -2.19. The zero-order valence-corrected chi connectivity index (χ0v) is 10.3. The summed E-state index contributed by atoms with van der Waals surface area (Å²) in [5, 5.41) is 12.9. The van der Waals surface area contributed by atoms with E-state index in [1.807, 2.05) is 0 Å². The lowest BCUT2D eigenvalue weighted by molar-refractivity contribution is 0.220. The van der Waals surface area contributed by atoms with Gasteiger partial charge in [-0.25, -0.2) is 8.78 Å². The molecule has 1 aliphatic carbocycles. The molecular weight excluding hydrogens is 250 g/mol. The maximum atomic E-state index is 13.6. The lowest BCUT2D eigenvalue weighted by atomic mass is 10.1. The molecule has 1 aromatic heterocycles. The van der Waals surface area contributed by atoms with Crippen molar-refractivity contribution in [2.24, 2.45) is 5.41 Å². The van der Waals surface area contributed by atoms with E-state index < -0.39 is 11.6 Å². The number of pyridine rings is 1. The van der Waals surface area contributed by atoms with Crippen molar-refractivity contribution in [3.05, 3.63) is 36.0 Å². The van der Waals surface area contributed by atoms with E-state index in [2.05, 4.69) is 10.3 Å². The summed E-state index contributed by atoms with van der Waals surface area (Å²) in [7, 11) is 0. The highest BCUT2D eigenvalue weighted by atomic mass is 19.1. The van der Waals surface area contributed by atoms with Crippen LogP contribution in [0, 0.1) is 17.0 Å². The molecule has 0 unspecified atom stereocenters. The average molecular weight is 264 g/mol. The highest BCUT2D eigenvalue weighted by molar-refractivity contribution is 5.91. The van der Waals surface area contributed by atoms with E-state index in [9.17, 15) is 13.9 Å². The predicted molar refractivity (Wildman–Crippen MR) is 68.9 cm³/mol. The van der Waals surface area contributed by atoms with Gasteiger partial charge in [-0.2, -0.15) is 0 Å². The van der Waals surface area contributed by atoms with Gasteiger partial charge >= 0.3 is 0 Å². The standard InChI is InChI=1S/C14H14F2N2O/c15-9-5-10-12(18-7-14(8-19)2-3-14)1-4-17-13(10)11(16)6-9/h1,4-6,19H,2-3,7-8H2,(H,17,18). The van der Waals surface area contributed by atoms with Gasteiger partial charge in [-0.1, -0.05) is 0 Å². The number of hydrogen-bond donors (Lipinski definition) is 2. The quantitative estimate of drug-likeness (QED) is 0.892. The summed E-state index contributed by atoms with van der Waals surface area (Å²) in [5.41, 5.74) is 0.727. The van der Waals surface area contributed by atoms with Crippen LogP contribution in [0.2, 0.25) is 0 Å². The first-order chi connectivity index (χ1) is 9.13. The molecule has 1 fully saturated rings. The number of rotatable bonds is 4. The van der Waals surface area contributed by atoms with Crippen molar-refractivity contribution in [1.29, 1.82) is 0 Å². The number of hydrogen-bond acceptors (Lipinski definition) is 3. The first-order valence-corrected chi connectivity index (χ1v) is 6.22. The molecule has 3 nitrogen and oxygen atoms in total. The third kappa shape index (κ3) is 2.26. The summed E-state index contributed by atoms with van der Waals surface area (Å²) in [6, 6.07) is 3.79. The Labute approximate surface area is 109 Å². The first-order valence-electron chi connectivity index (χ1n) is 6.22. The van der Waals surface area contributed by atoms with Crippen LogP contribution in [-0.2, 0) is 0 Å². The maximum Gasteiger partial charge on any atom is 0.152 e. The number of anilines is 1. The van der Waals surface area contributed by atoms with Crippen molar-refractivity contribution < 1.29 is 13.9 Å². The Bertz CT molecular complexity index is 626. The van der Waals surface area contributed by atoms with Gasteiger partial charge in [-0.05, 0) is 25.0 Å². The van der Waals surface area contributed by atoms with Gasteiger partial charge in [0.2, 0.25) is 0 Å². The second-order valence-electron chi connectivity index (χ2n) is 5.15. The van der Waals surface area contributed by atoms with E-state index >= 15 is 0 Å². The van der Waals surface area contributed by atoms with Crippen LogP contribution in [0.4, 0.5) is 14.5 Å². The summed E-state index contributed by atoms with van der Waals surface area (Å²) in [6.45, 7) is 0.729. The molecule has 0 spiro atoms. The normalized spacial score (nSPS) is 16.6. The van der Waals surface area contributed by atoms with Crippen LogP contribution in [0.3, 0.4) is 0 Å². The zero-order valence-electron chi connectivity index (χ0n) is 10.3. The maximum absolute atomic E-state index is 13.6. The summed E-state index contributed by atoms with van der Waals surface area (Å²) >= 11 is 0. The molecule has 1 heterocycles. The zero-order chi connectivity index (χ0) is 13.5. The molecule has 1 aliphatic rings. The molecule has 0 atom stereocenters. The second kappa shape index (κ2) is 4.42. The molecular formula is C14H14F2N2O. The number of nitrogens with zero attached hydrogens (tertiary/aromatic N) is 1. The van der Waals surface area contributed by atoms with Gasteiger partial charge in [-0.15, -0.1) is 0 Å². The minimum atomic E-state index is -0.665. The minimum Gasteiger partial charge on any atom is -0.396 e. The Morgan fingerprint density at radius 1 is 1.32 bits per heavy atom. The molecule has 1 aromatic carbocycles. The molecule has 0 bridgehead atoms. The smallest absolute Gasteiger partial charge is 0.152 e. The number of nitrogens with one attached hydrogen (secondary N) is 1. The van der Waals surface area contributed by atoms with Crippen molar-refractivity contribution in [2.75, 3.05) is 18.5 Å². The van der Waals surface area contributed by atoms with Gasteiger partial charge in [0, 0.05) is 35.3 Å². The molecule has 0 aliphatic heterocycles. The molecule has 100 valence electrons. The third-order valence-electron chi connectivity index (χ3n) is 3.71. The number of benzene rings is 1. The van der Waals surface area contributed by atoms with Crippen molar-refractivity contribution >= 4 is 16.6 Å². The molecule has 0 radical (unpaired) electrons. The van der Waals surface area contributed by atoms with E-state index in [0.29, 0.717) is 17.6 Å². The fourth-order valence-corrected chi connectivity index (χ4v) is 2.18. The SMILES string of the molecule is OCC1(CNc2ccnc3c(F)cc(F)cc23)CC1. The number of halogens is 2. The Kier molecular flexibility index (Phi) is 2.86. The Morgan fingerprint density at radius 2 is 2.11 bits per heavy atom. The van der Waals surface area contributed by atoms with E-state index in [0.717, 1.165) is 18.9 Å². The number of fused-ring (bicyclic) bond motifs is 1.